The topological polar surface area (TPSA) is 86.6 Å². The molecule has 7 heteroatoms. The summed E-state index contributed by atoms with van der Waals surface area (Å²) in [4.78, 5) is 36.3. The maximum Gasteiger partial charge on any atom is 0.328 e. The zero-order chi connectivity index (χ0) is 18.0. The lowest BCUT2D eigenvalue weighted by atomic mass is 10.0. The Bertz CT molecular complexity index is 794. The third-order valence-electron chi connectivity index (χ3n) is 4.60. The third kappa shape index (κ3) is 3.31. The molecule has 1 fully saturated rings. The molecule has 1 aromatic carbocycles. The SMILES string of the molecule is Cc1cccc(C(=O)N2CCN(c3ncccn3)C[C@H]2C(=O)O)c1C. The van der Waals surface area contributed by atoms with Crippen LogP contribution < -0.4 is 4.90 Å². The van der Waals surface area contributed by atoms with Gasteiger partial charge in [-0.1, -0.05) is 12.1 Å². The summed E-state index contributed by atoms with van der Waals surface area (Å²) in [7, 11) is 0. The number of carboxylic acid groups (broad SMARTS) is 1. The number of piperazine rings is 1. The van der Waals surface area contributed by atoms with Crippen LogP contribution in [0.4, 0.5) is 5.95 Å². The van der Waals surface area contributed by atoms with Crippen molar-refractivity contribution in [3.63, 3.8) is 0 Å². The fourth-order valence-corrected chi connectivity index (χ4v) is 3.01. The number of aromatic nitrogens is 2. The Hall–Kier alpha value is -2.96. The molecule has 2 aromatic rings. The van der Waals surface area contributed by atoms with Crippen molar-refractivity contribution >= 4 is 17.8 Å². The molecular formula is C18H20N4O3. The van der Waals surface area contributed by atoms with E-state index in [4.69, 9.17) is 0 Å². The van der Waals surface area contributed by atoms with Gasteiger partial charge >= 0.3 is 5.97 Å². The molecule has 0 spiro atoms. The second kappa shape index (κ2) is 6.88. The fourth-order valence-electron chi connectivity index (χ4n) is 3.01. The van der Waals surface area contributed by atoms with Crippen molar-refractivity contribution in [2.24, 2.45) is 0 Å². The second-order valence-electron chi connectivity index (χ2n) is 6.09. The van der Waals surface area contributed by atoms with E-state index in [0.29, 0.717) is 24.6 Å². The minimum atomic E-state index is -1.03. The van der Waals surface area contributed by atoms with Crippen LogP contribution in [0.1, 0.15) is 21.5 Å². The Balaban J connectivity index is 1.86. The van der Waals surface area contributed by atoms with Crippen molar-refractivity contribution in [3.8, 4) is 0 Å². The van der Waals surface area contributed by atoms with Gasteiger partial charge in [0.2, 0.25) is 5.95 Å². The van der Waals surface area contributed by atoms with E-state index in [2.05, 4.69) is 9.97 Å². The van der Waals surface area contributed by atoms with Crippen molar-refractivity contribution in [3.05, 3.63) is 53.3 Å². The number of benzene rings is 1. The van der Waals surface area contributed by atoms with Crippen LogP contribution in [-0.4, -0.2) is 57.5 Å². The number of hydrogen-bond donors (Lipinski definition) is 1. The van der Waals surface area contributed by atoms with E-state index in [1.807, 2.05) is 26.0 Å². The first-order chi connectivity index (χ1) is 12.0. The normalized spacial score (nSPS) is 17.4. The molecule has 1 saturated heterocycles. The Morgan fingerprint density at radius 3 is 2.52 bits per heavy atom. The highest BCUT2D eigenvalue weighted by Gasteiger charge is 2.36. The maximum atomic E-state index is 12.9. The number of aryl methyl sites for hydroxylation is 1. The van der Waals surface area contributed by atoms with Gasteiger partial charge in [-0.15, -0.1) is 0 Å². The number of rotatable bonds is 3. The predicted molar refractivity (Wildman–Crippen MR) is 92.6 cm³/mol. The first-order valence-corrected chi connectivity index (χ1v) is 8.11. The predicted octanol–water partition coefficient (Wildman–Crippen LogP) is 1.51. The highest BCUT2D eigenvalue weighted by molar-refractivity contribution is 5.98. The summed E-state index contributed by atoms with van der Waals surface area (Å²) in [5, 5.41) is 9.63. The van der Waals surface area contributed by atoms with E-state index in [0.717, 1.165) is 11.1 Å². The standard InChI is InChI=1S/C18H20N4O3/c1-12-5-3-6-14(13(12)2)16(23)22-10-9-21(11-15(22)17(24)25)18-19-7-4-8-20-18/h3-8,15H,9-11H2,1-2H3,(H,24,25)/t15-/m0/s1. The van der Waals surface area contributed by atoms with Crippen molar-refractivity contribution in [2.75, 3.05) is 24.5 Å². The van der Waals surface area contributed by atoms with Crippen molar-refractivity contribution in [2.45, 2.75) is 19.9 Å². The van der Waals surface area contributed by atoms with Crippen LogP contribution in [0.5, 0.6) is 0 Å². The number of nitrogens with zero attached hydrogens (tertiary/aromatic N) is 4. The van der Waals surface area contributed by atoms with Crippen LogP contribution in [0.25, 0.3) is 0 Å². The molecule has 25 heavy (non-hydrogen) atoms. The molecule has 1 N–H and O–H groups in total. The maximum absolute atomic E-state index is 12.9. The lowest BCUT2D eigenvalue weighted by molar-refractivity contribution is -0.142. The Labute approximate surface area is 145 Å². The summed E-state index contributed by atoms with van der Waals surface area (Å²) >= 11 is 0. The van der Waals surface area contributed by atoms with Gasteiger partial charge in [-0.05, 0) is 37.1 Å². The van der Waals surface area contributed by atoms with Crippen LogP contribution >= 0.6 is 0 Å². The number of hydrogen-bond acceptors (Lipinski definition) is 5. The average molecular weight is 340 g/mol. The van der Waals surface area contributed by atoms with Gasteiger partial charge in [-0.3, -0.25) is 4.79 Å². The highest BCUT2D eigenvalue weighted by Crippen LogP contribution is 2.20. The molecular weight excluding hydrogens is 320 g/mol. The zero-order valence-corrected chi connectivity index (χ0v) is 14.2. The summed E-state index contributed by atoms with van der Waals surface area (Å²) in [6.45, 7) is 4.78. The van der Waals surface area contributed by atoms with E-state index in [9.17, 15) is 14.7 Å². The van der Waals surface area contributed by atoms with Gasteiger partial charge in [0, 0.05) is 31.0 Å². The number of carbonyl (C=O) groups excluding carboxylic acids is 1. The van der Waals surface area contributed by atoms with Gasteiger partial charge in [-0.25, -0.2) is 14.8 Å². The van der Waals surface area contributed by atoms with Crippen molar-refractivity contribution in [1.82, 2.24) is 14.9 Å². The zero-order valence-electron chi connectivity index (χ0n) is 14.2. The summed E-state index contributed by atoms with van der Waals surface area (Å²) in [6.07, 6.45) is 3.23. The van der Waals surface area contributed by atoms with Gasteiger partial charge < -0.3 is 14.9 Å². The van der Waals surface area contributed by atoms with Crippen molar-refractivity contribution in [1.29, 1.82) is 0 Å². The number of carbonyl (C=O) groups is 2. The Morgan fingerprint density at radius 2 is 1.84 bits per heavy atom. The lowest BCUT2D eigenvalue weighted by Gasteiger charge is -2.39. The summed E-state index contributed by atoms with van der Waals surface area (Å²) in [5.74, 6) is -0.797. The van der Waals surface area contributed by atoms with Crippen LogP contribution in [0, 0.1) is 13.8 Å². The van der Waals surface area contributed by atoms with E-state index >= 15 is 0 Å². The number of amides is 1. The molecule has 1 amide bonds. The van der Waals surface area contributed by atoms with Gasteiger partial charge in [0.25, 0.3) is 5.91 Å². The Morgan fingerprint density at radius 1 is 1.12 bits per heavy atom. The lowest BCUT2D eigenvalue weighted by Crippen LogP contribution is -2.58. The van der Waals surface area contributed by atoms with Gasteiger partial charge in [0.1, 0.15) is 6.04 Å². The van der Waals surface area contributed by atoms with Crippen LogP contribution in [0.15, 0.2) is 36.7 Å². The molecule has 0 radical (unpaired) electrons. The number of anilines is 1. The van der Waals surface area contributed by atoms with Gasteiger partial charge in [0.05, 0.1) is 6.54 Å². The molecule has 0 aliphatic carbocycles. The summed E-state index contributed by atoms with van der Waals surface area (Å²) < 4.78 is 0. The quantitative estimate of drug-likeness (QED) is 0.911. The number of aliphatic carboxylic acids is 1. The monoisotopic (exact) mass is 340 g/mol. The molecule has 1 aliphatic rings. The summed E-state index contributed by atoms with van der Waals surface area (Å²) in [5.41, 5.74) is 2.44. The molecule has 2 heterocycles. The minimum Gasteiger partial charge on any atom is -0.480 e. The molecule has 0 saturated carbocycles. The van der Waals surface area contributed by atoms with Crippen LogP contribution in [-0.2, 0) is 4.79 Å². The first-order valence-electron chi connectivity index (χ1n) is 8.11. The van der Waals surface area contributed by atoms with Gasteiger partial charge in [0.15, 0.2) is 0 Å². The minimum absolute atomic E-state index is 0.163. The summed E-state index contributed by atoms with van der Waals surface area (Å²) in [6, 6.07) is 6.27. The average Bonchev–Trinajstić information content (AvgIpc) is 2.63. The molecule has 0 unspecified atom stereocenters. The van der Waals surface area contributed by atoms with E-state index in [-0.39, 0.29) is 12.5 Å². The van der Waals surface area contributed by atoms with Crippen LogP contribution in [0.3, 0.4) is 0 Å². The van der Waals surface area contributed by atoms with E-state index in [1.165, 1.54) is 4.90 Å². The third-order valence-corrected chi connectivity index (χ3v) is 4.60. The second-order valence-corrected chi connectivity index (χ2v) is 6.09. The molecule has 3 rings (SSSR count). The van der Waals surface area contributed by atoms with Gasteiger partial charge in [-0.2, -0.15) is 0 Å². The molecule has 130 valence electrons. The number of carboxylic acids is 1. The van der Waals surface area contributed by atoms with Crippen molar-refractivity contribution < 1.29 is 14.7 Å². The largest absolute Gasteiger partial charge is 0.480 e. The van der Waals surface area contributed by atoms with E-state index in [1.54, 1.807) is 29.4 Å². The molecule has 0 bridgehead atoms. The molecule has 1 atom stereocenters. The van der Waals surface area contributed by atoms with Crippen LogP contribution in [0.2, 0.25) is 0 Å². The van der Waals surface area contributed by atoms with E-state index < -0.39 is 12.0 Å². The molecule has 1 aliphatic heterocycles. The molecule has 1 aromatic heterocycles. The smallest absolute Gasteiger partial charge is 0.328 e. The fraction of sp³-hybridized carbons (Fsp3) is 0.333. The highest BCUT2D eigenvalue weighted by atomic mass is 16.4. The Kier molecular flexibility index (Phi) is 4.65. The molecule has 7 nitrogen and oxygen atoms in total. The first kappa shape index (κ1) is 16.9.